The highest BCUT2D eigenvalue weighted by Crippen LogP contribution is 2.24. The fraction of sp³-hybridized carbons (Fsp3) is 0.778. The largest absolute Gasteiger partial charge is 0.481 e. The van der Waals surface area contributed by atoms with Gasteiger partial charge < -0.3 is 10.4 Å². The Kier molecular flexibility index (Phi) is 2.90. The van der Waals surface area contributed by atoms with Crippen molar-refractivity contribution in [1.82, 2.24) is 5.32 Å². The van der Waals surface area contributed by atoms with E-state index in [1.165, 1.54) is 0 Å². The van der Waals surface area contributed by atoms with Crippen LogP contribution in [-0.4, -0.2) is 23.5 Å². The van der Waals surface area contributed by atoms with Crippen LogP contribution in [0.4, 0.5) is 0 Å². The zero-order valence-corrected chi connectivity index (χ0v) is 7.91. The maximum absolute atomic E-state index is 11.1. The minimum absolute atomic E-state index is 0.0370. The van der Waals surface area contributed by atoms with E-state index in [-0.39, 0.29) is 11.8 Å². The molecule has 0 saturated carbocycles. The highest BCUT2D eigenvalue weighted by atomic mass is 16.4. The van der Waals surface area contributed by atoms with E-state index < -0.39 is 11.9 Å². The second-order valence-electron chi connectivity index (χ2n) is 3.95. The van der Waals surface area contributed by atoms with Gasteiger partial charge in [0.2, 0.25) is 5.91 Å². The molecule has 0 aliphatic carbocycles. The summed E-state index contributed by atoms with van der Waals surface area (Å²) in [4.78, 5) is 21.9. The molecule has 1 aliphatic rings. The molecular weight excluding hydrogens is 170 g/mol. The lowest BCUT2D eigenvalue weighted by molar-refractivity contribution is -0.146. The van der Waals surface area contributed by atoms with Crippen molar-refractivity contribution in [3.63, 3.8) is 0 Å². The summed E-state index contributed by atoms with van der Waals surface area (Å²) in [5.74, 6) is -1.77. The quantitative estimate of drug-likeness (QED) is 0.628. The molecule has 0 radical (unpaired) electrons. The van der Waals surface area contributed by atoms with E-state index in [1.807, 2.05) is 13.8 Å². The Bertz CT molecular complexity index is 225. The molecule has 0 spiro atoms. The number of carbonyl (C=O) groups is 2. The van der Waals surface area contributed by atoms with Crippen LogP contribution in [0.5, 0.6) is 0 Å². The SMILES string of the molecule is CC(C)C[C@@H]1CNC(=O)[C@H]1C(=O)O. The molecule has 2 atom stereocenters. The van der Waals surface area contributed by atoms with E-state index in [0.717, 1.165) is 6.42 Å². The van der Waals surface area contributed by atoms with Crippen molar-refractivity contribution in [2.24, 2.45) is 17.8 Å². The summed E-state index contributed by atoms with van der Waals surface area (Å²) >= 11 is 0. The second kappa shape index (κ2) is 3.77. The Labute approximate surface area is 77.3 Å². The lowest BCUT2D eigenvalue weighted by Crippen LogP contribution is -2.27. The fourth-order valence-electron chi connectivity index (χ4n) is 1.81. The molecule has 0 unspecified atom stereocenters. The Morgan fingerprint density at radius 3 is 2.77 bits per heavy atom. The number of nitrogens with one attached hydrogen (secondary N) is 1. The van der Waals surface area contributed by atoms with Crippen molar-refractivity contribution in [2.45, 2.75) is 20.3 Å². The first-order valence-electron chi connectivity index (χ1n) is 4.53. The summed E-state index contributed by atoms with van der Waals surface area (Å²) in [5.41, 5.74) is 0. The number of hydrogen-bond acceptors (Lipinski definition) is 2. The van der Waals surface area contributed by atoms with E-state index in [1.54, 1.807) is 0 Å². The molecule has 4 nitrogen and oxygen atoms in total. The Hall–Kier alpha value is -1.06. The summed E-state index contributed by atoms with van der Waals surface area (Å²) in [6, 6.07) is 0. The maximum atomic E-state index is 11.1. The molecule has 1 rings (SSSR count). The molecule has 2 N–H and O–H groups in total. The van der Waals surface area contributed by atoms with Crippen LogP contribution in [0.25, 0.3) is 0 Å². The van der Waals surface area contributed by atoms with Gasteiger partial charge in [0.05, 0.1) is 0 Å². The van der Waals surface area contributed by atoms with Crippen LogP contribution in [0, 0.1) is 17.8 Å². The second-order valence-corrected chi connectivity index (χ2v) is 3.95. The molecule has 13 heavy (non-hydrogen) atoms. The Morgan fingerprint density at radius 1 is 1.69 bits per heavy atom. The summed E-state index contributed by atoms with van der Waals surface area (Å²) in [6.45, 7) is 4.57. The van der Waals surface area contributed by atoms with Gasteiger partial charge >= 0.3 is 5.97 Å². The van der Waals surface area contributed by atoms with Gasteiger partial charge in [-0.25, -0.2) is 0 Å². The van der Waals surface area contributed by atoms with Crippen molar-refractivity contribution in [3.8, 4) is 0 Å². The zero-order chi connectivity index (χ0) is 10.0. The lowest BCUT2D eigenvalue weighted by Gasteiger charge is -2.14. The molecule has 0 aromatic rings. The highest BCUT2D eigenvalue weighted by molar-refractivity contribution is 5.98. The highest BCUT2D eigenvalue weighted by Gasteiger charge is 2.40. The standard InChI is InChI=1S/C9H15NO3/c1-5(2)3-6-4-10-8(11)7(6)9(12)13/h5-7H,3-4H2,1-2H3,(H,10,11)(H,12,13)/t6-,7+/m1/s1. The van der Waals surface area contributed by atoms with Crippen molar-refractivity contribution < 1.29 is 14.7 Å². The Balaban J connectivity index is 2.64. The fourth-order valence-corrected chi connectivity index (χ4v) is 1.81. The molecule has 1 saturated heterocycles. The van der Waals surface area contributed by atoms with Gasteiger partial charge in [-0.2, -0.15) is 0 Å². The molecular formula is C9H15NO3. The van der Waals surface area contributed by atoms with Crippen LogP contribution in [0.2, 0.25) is 0 Å². The van der Waals surface area contributed by atoms with Gasteiger partial charge in [0.15, 0.2) is 0 Å². The first-order valence-corrected chi connectivity index (χ1v) is 4.53. The van der Waals surface area contributed by atoms with Gasteiger partial charge in [-0.15, -0.1) is 0 Å². The number of hydrogen-bond donors (Lipinski definition) is 2. The normalized spacial score (nSPS) is 27.8. The van der Waals surface area contributed by atoms with E-state index >= 15 is 0 Å². The number of carbonyl (C=O) groups excluding carboxylic acids is 1. The summed E-state index contributed by atoms with van der Waals surface area (Å²) in [7, 11) is 0. The number of aliphatic carboxylic acids is 1. The van der Waals surface area contributed by atoms with E-state index in [4.69, 9.17) is 5.11 Å². The molecule has 1 amide bonds. The molecule has 1 aliphatic heterocycles. The minimum atomic E-state index is -0.999. The summed E-state index contributed by atoms with van der Waals surface area (Å²) in [5, 5.41) is 11.4. The molecule has 0 aromatic carbocycles. The van der Waals surface area contributed by atoms with Crippen LogP contribution in [0.1, 0.15) is 20.3 Å². The van der Waals surface area contributed by atoms with Gasteiger partial charge in [0, 0.05) is 6.54 Å². The minimum Gasteiger partial charge on any atom is -0.481 e. The molecule has 74 valence electrons. The van der Waals surface area contributed by atoms with E-state index in [0.29, 0.717) is 12.5 Å². The smallest absolute Gasteiger partial charge is 0.316 e. The number of carboxylic acid groups (broad SMARTS) is 1. The van der Waals surface area contributed by atoms with Gasteiger partial charge in [-0.3, -0.25) is 9.59 Å². The van der Waals surface area contributed by atoms with Crippen molar-refractivity contribution in [2.75, 3.05) is 6.54 Å². The third kappa shape index (κ3) is 2.20. The van der Waals surface area contributed by atoms with Crippen molar-refractivity contribution in [3.05, 3.63) is 0 Å². The van der Waals surface area contributed by atoms with Gasteiger partial charge in [0.1, 0.15) is 5.92 Å². The molecule has 0 bridgehead atoms. The average molecular weight is 185 g/mol. The molecule has 0 aromatic heterocycles. The average Bonchev–Trinajstić information content (AvgIpc) is 2.30. The summed E-state index contributed by atoms with van der Waals surface area (Å²) in [6.07, 6.45) is 0.787. The third-order valence-electron chi connectivity index (χ3n) is 2.33. The van der Waals surface area contributed by atoms with Crippen LogP contribution in [-0.2, 0) is 9.59 Å². The Morgan fingerprint density at radius 2 is 2.31 bits per heavy atom. The molecule has 4 heteroatoms. The number of carboxylic acids is 1. The first kappa shape index (κ1) is 10.0. The number of amides is 1. The van der Waals surface area contributed by atoms with Gasteiger partial charge in [-0.1, -0.05) is 13.8 Å². The third-order valence-corrected chi connectivity index (χ3v) is 2.33. The summed E-state index contributed by atoms with van der Waals surface area (Å²) < 4.78 is 0. The van der Waals surface area contributed by atoms with Crippen LogP contribution in [0.3, 0.4) is 0 Å². The van der Waals surface area contributed by atoms with E-state index in [9.17, 15) is 9.59 Å². The topological polar surface area (TPSA) is 66.4 Å². The van der Waals surface area contributed by atoms with Gasteiger partial charge in [0.25, 0.3) is 0 Å². The van der Waals surface area contributed by atoms with Gasteiger partial charge in [-0.05, 0) is 18.3 Å². The van der Waals surface area contributed by atoms with Crippen LogP contribution >= 0.6 is 0 Å². The predicted octanol–water partition coefficient (Wildman–Crippen LogP) is 0.479. The van der Waals surface area contributed by atoms with Crippen molar-refractivity contribution in [1.29, 1.82) is 0 Å². The van der Waals surface area contributed by atoms with Crippen LogP contribution in [0.15, 0.2) is 0 Å². The molecule has 1 heterocycles. The molecule has 1 fully saturated rings. The first-order chi connectivity index (χ1) is 6.02. The van der Waals surface area contributed by atoms with Crippen molar-refractivity contribution >= 4 is 11.9 Å². The monoisotopic (exact) mass is 185 g/mol. The maximum Gasteiger partial charge on any atom is 0.316 e. The zero-order valence-electron chi connectivity index (χ0n) is 7.91. The lowest BCUT2D eigenvalue weighted by atomic mass is 9.88. The predicted molar refractivity (Wildman–Crippen MR) is 47.1 cm³/mol. The van der Waals surface area contributed by atoms with Crippen LogP contribution < -0.4 is 5.32 Å². The number of rotatable bonds is 3. The van der Waals surface area contributed by atoms with E-state index in [2.05, 4.69) is 5.32 Å².